The number of anilines is 2. The molecule has 0 spiro atoms. The summed E-state index contributed by atoms with van der Waals surface area (Å²) in [5.41, 5.74) is 1.38. The molecular weight excluding hydrogens is 590 g/mol. The van der Waals surface area contributed by atoms with Crippen LogP contribution in [0.15, 0.2) is 108 Å². The molecule has 0 aromatic heterocycles. The van der Waals surface area contributed by atoms with Gasteiger partial charge in [-0.15, -0.1) is 11.8 Å². The minimum Gasteiger partial charge on any atom is -0.507 e. The molecule has 0 saturated carbocycles. The first-order valence-corrected chi connectivity index (χ1v) is 14.1. The van der Waals surface area contributed by atoms with E-state index in [4.69, 9.17) is 11.6 Å². The maximum Gasteiger partial charge on any atom is 0.339 e. The molecule has 0 saturated heterocycles. The minimum absolute atomic E-state index is 0.0107. The molecule has 1 unspecified atom stereocenters. The van der Waals surface area contributed by atoms with Crippen molar-refractivity contribution in [2.45, 2.75) is 17.1 Å². The number of carboxylic acid groups (broad SMARTS) is 1. The number of phenols is 1. The molecule has 0 radical (unpaired) electrons. The molecule has 0 fully saturated rings. The summed E-state index contributed by atoms with van der Waals surface area (Å²) >= 11 is 7.21. The largest absolute Gasteiger partial charge is 0.507 e. The molecule has 43 heavy (non-hydrogen) atoms. The van der Waals surface area contributed by atoms with E-state index in [1.807, 2.05) is 0 Å². The predicted molar refractivity (Wildman–Crippen MR) is 167 cm³/mol. The minimum atomic E-state index is -1.32. The van der Waals surface area contributed by atoms with Gasteiger partial charge in [0.05, 0.1) is 5.25 Å². The number of carboxylic acids is 1. The van der Waals surface area contributed by atoms with Crippen molar-refractivity contribution in [2.75, 3.05) is 10.6 Å². The van der Waals surface area contributed by atoms with E-state index in [9.17, 15) is 29.4 Å². The standard InChI is InChI=1S/C32H26ClN3O6S/c1-19(29(38)34-24-14-15-28(37)26(18-24)32(41)42)43-25-9-5-8-23(17-25)35-31(40)27(16-20-10-12-22(33)13-11-20)36-30(39)21-6-3-2-4-7-21/h2-19,37H,1H3,(H,34,38)(H,35,40)(H,36,39)(H,41,42)/b27-16-. The Bertz CT molecular complexity index is 1690. The molecule has 218 valence electrons. The first-order valence-electron chi connectivity index (χ1n) is 12.9. The van der Waals surface area contributed by atoms with E-state index in [1.165, 1.54) is 36.0 Å². The fourth-order valence-electron chi connectivity index (χ4n) is 3.80. The Kier molecular flexibility index (Phi) is 10.2. The molecule has 3 amide bonds. The van der Waals surface area contributed by atoms with E-state index < -0.39 is 34.7 Å². The van der Waals surface area contributed by atoms with Crippen molar-refractivity contribution in [2.24, 2.45) is 0 Å². The lowest BCUT2D eigenvalue weighted by Crippen LogP contribution is -2.30. The van der Waals surface area contributed by atoms with E-state index in [-0.39, 0.29) is 16.9 Å². The van der Waals surface area contributed by atoms with E-state index in [0.29, 0.717) is 26.7 Å². The molecule has 0 heterocycles. The summed E-state index contributed by atoms with van der Waals surface area (Å²) < 4.78 is 0. The lowest BCUT2D eigenvalue weighted by molar-refractivity contribution is -0.115. The number of carbonyl (C=O) groups is 4. The lowest BCUT2D eigenvalue weighted by atomic mass is 10.1. The molecular formula is C32H26ClN3O6S. The Morgan fingerprint density at radius 1 is 0.837 bits per heavy atom. The van der Waals surface area contributed by atoms with Crippen LogP contribution >= 0.6 is 23.4 Å². The van der Waals surface area contributed by atoms with Crippen LogP contribution in [0.3, 0.4) is 0 Å². The van der Waals surface area contributed by atoms with Gasteiger partial charge < -0.3 is 26.2 Å². The van der Waals surface area contributed by atoms with Gasteiger partial charge in [0.2, 0.25) is 5.91 Å². The highest BCUT2D eigenvalue weighted by Gasteiger charge is 2.18. The van der Waals surface area contributed by atoms with Gasteiger partial charge in [-0.25, -0.2) is 4.79 Å². The van der Waals surface area contributed by atoms with Gasteiger partial charge >= 0.3 is 5.97 Å². The highest BCUT2D eigenvalue weighted by molar-refractivity contribution is 8.00. The number of nitrogens with one attached hydrogen (secondary N) is 3. The van der Waals surface area contributed by atoms with E-state index in [1.54, 1.807) is 85.8 Å². The summed E-state index contributed by atoms with van der Waals surface area (Å²) in [6.45, 7) is 1.68. The van der Waals surface area contributed by atoms with Crippen LogP contribution in [0.5, 0.6) is 5.75 Å². The van der Waals surface area contributed by atoms with Gasteiger partial charge in [0.15, 0.2) is 0 Å². The van der Waals surface area contributed by atoms with Gasteiger partial charge in [0.25, 0.3) is 11.8 Å². The van der Waals surface area contributed by atoms with Crippen molar-refractivity contribution in [1.29, 1.82) is 0 Å². The fourth-order valence-corrected chi connectivity index (χ4v) is 4.85. The van der Waals surface area contributed by atoms with Gasteiger partial charge in [-0.05, 0) is 79.2 Å². The summed E-state index contributed by atoms with van der Waals surface area (Å²) in [6, 6.07) is 25.9. The number of carbonyl (C=O) groups excluding carboxylic acids is 3. The number of amides is 3. The molecule has 1 atom stereocenters. The monoisotopic (exact) mass is 615 g/mol. The normalized spacial score (nSPS) is 11.7. The number of halogens is 1. The number of aromatic carboxylic acids is 1. The Labute approximate surface area is 256 Å². The van der Waals surface area contributed by atoms with E-state index >= 15 is 0 Å². The third kappa shape index (κ3) is 8.71. The average molecular weight is 616 g/mol. The summed E-state index contributed by atoms with van der Waals surface area (Å²) in [4.78, 5) is 50.9. The molecule has 0 aliphatic carbocycles. The van der Waals surface area contributed by atoms with Crippen LogP contribution in [0, 0.1) is 0 Å². The van der Waals surface area contributed by atoms with Crippen LogP contribution in [0.4, 0.5) is 11.4 Å². The predicted octanol–water partition coefficient (Wildman–Crippen LogP) is 6.27. The van der Waals surface area contributed by atoms with Gasteiger partial charge in [-0.3, -0.25) is 14.4 Å². The average Bonchev–Trinajstić information content (AvgIpc) is 2.99. The molecule has 5 N–H and O–H groups in total. The van der Waals surface area contributed by atoms with Crippen LogP contribution in [-0.4, -0.2) is 39.2 Å². The number of hydrogen-bond donors (Lipinski definition) is 5. The molecule has 4 rings (SSSR count). The Balaban J connectivity index is 1.47. The quantitative estimate of drug-likeness (QED) is 0.0803. The number of rotatable bonds is 10. The summed E-state index contributed by atoms with van der Waals surface area (Å²) in [6.07, 6.45) is 1.54. The van der Waals surface area contributed by atoms with Gasteiger partial charge in [0.1, 0.15) is 17.0 Å². The van der Waals surface area contributed by atoms with Crippen LogP contribution in [0.1, 0.15) is 33.2 Å². The van der Waals surface area contributed by atoms with Crippen LogP contribution in [0.25, 0.3) is 6.08 Å². The highest BCUT2D eigenvalue weighted by atomic mass is 35.5. The van der Waals surface area contributed by atoms with Gasteiger partial charge in [0, 0.05) is 26.9 Å². The molecule has 4 aromatic carbocycles. The Morgan fingerprint density at radius 2 is 1.53 bits per heavy atom. The zero-order chi connectivity index (χ0) is 30.9. The molecule has 0 bridgehead atoms. The smallest absolute Gasteiger partial charge is 0.339 e. The van der Waals surface area contributed by atoms with Crippen LogP contribution < -0.4 is 16.0 Å². The highest BCUT2D eigenvalue weighted by Crippen LogP contribution is 2.28. The first-order chi connectivity index (χ1) is 20.6. The second kappa shape index (κ2) is 14.2. The topological polar surface area (TPSA) is 145 Å². The van der Waals surface area contributed by atoms with Crippen LogP contribution in [0.2, 0.25) is 5.02 Å². The number of aromatic hydroxyl groups is 1. The van der Waals surface area contributed by atoms with E-state index in [0.717, 1.165) is 0 Å². The van der Waals surface area contributed by atoms with Crippen molar-refractivity contribution >= 4 is 64.5 Å². The molecule has 9 nitrogen and oxygen atoms in total. The third-order valence-electron chi connectivity index (χ3n) is 5.98. The second-order valence-electron chi connectivity index (χ2n) is 9.20. The molecule has 11 heteroatoms. The van der Waals surface area contributed by atoms with Crippen LogP contribution in [-0.2, 0) is 9.59 Å². The second-order valence-corrected chi connectivity index (χ2v) is 11.0. The number of hydrogen-bond acceptors (Lipinski definition) is 6. The zero-order valence-electron chi connectivity index (χ0n) is 22.7. The zero-order valence-corrected chi connectivity index (χ0v) is 24.3. The lowest BCUT2D eigenvalue weighted by Gasteiger charge is -2.14. The van der Waals surface area contributed by atoms with Crippen molar-refractivity contribution in [3.63, 3.8) is 0 Å². The van der Waals surface area contributed by atoms with Gasteiger partial charge in [-0.1, -0.05) is 48.0 Å². The Hall–Kier alpha value is -5.06. The van der Waals surface area contributed by atoms with Crippen molar-refractivity contribution in [3.8, 4) is 5.75 Å². The SMILES string of the molecule is CC(Sc1cccc(NC(=O)/C(=C/c2ccc(Cl)cc2)NC(=O)c2ccccc2)c1)C(=O)Nc1ccc(O)c(C(=O)O)c1. The van der Waals surface area contributed by atoms with Crippen molar-refractivity contribution in [1.82, 2.24) is 5.32 Å². The van der Waals surface area contributed by atoms with Gasteiger partial charge in [-0.2, -0.15) is 0 Å². The molecule has 0 aliphatic heterocycles. The van der Waals surface area contributed by atoms with Crippen molar-refractivity contribution in [3.05, 3.63) is 124 Å². The molecule has 4 aromatic rings. The Morgan fingerprint density at radius 3 is 2.23 bits per heavy atom. The summed E-state index contributed by atoms with van der Waals surface area (Å²) in [5, 5.41) is 26.9. The fraction of sp³-hybridized carbons (Fsp3) is 0.0625. The van der Waals surface area contributed by atoms with E-state index in [2.05, 4.69) is 16.0 Å². The number of benzene rings is 4. The first kappa shape index (κ1) is 30.9. The molecule has 0 aliphatic rings. The summed E-state index contributed by atoms with van der Waals surface area (Å²) in [7, 11) is 0. The maximum atomic E-state index is 13.3. The summed E-state index contributed by atoms with van der Waals surface area (Å²) in [5.74, 6) is -3.13. The number of thioether (sulfide) groups is 1. The van der Waals surface area contributed by atoms with Crippen molar-refractivity contribution < 1.29 is 29.4 Å². The maximum absolute atomic E-state index is 13.3. The third-order valence-corrected chi connectivity index (χ3v) is 7.32.